The van der Waals surface area contributed by atoms with Gasteiger partial charge in [-0.05, 0) is 58.9 Å². The predicted molar refractivity (Wildman–Crippen MR) is 68.6 cm³/mol. The van der Waals surface area contributed by atoms with Crippen molar-refractivity contribution in [2.75, 3.05) is 40.3 Å². The van der Waals surface area contributed by atoms with Crippen molar-refractivity contribution < 1.29 is 5.11 Å². The number of nitrogens with zero attached hydrogens (tertiary/aromatic N) is 2. The fourth-order valence-electron chi connectivity index (χ4n) is 2.55. The molecular weight excluding hydrogens is 200 g/mol. The van der Waals surface area contributed by atoms with E-state index in [0.717, 1.165) is 32.6 Å². The highest BCUT2D eigenvalue weighted by atomic mass is 16.3. The monoisotopic (exact) mass is 228 g/mol. The summed E-state index contributed by atoms with van der Waals surface area (Å²) in [7, 11) is 4.24. The van der Waals surface area contributed by atoms with Gasteiger partial charge in [-0.1, -0.05) is 13.3 Å². The Morgan fingerprint density at radius 1 is 1.19 bits per heavy atom. The molecule has 0 heterocycles. The first-order valence-corrected chi connectivity index (χ1v) is 6.68. The van der Waals surface area contributed by atoms with Gasteiger partial charge in [0.15, 0.2) is 0 Å². The molecule has 0 aromatic heterocycles. The Labute approximate surface area is 100 Å². The molecule has 0 saturated heterocycles. The van der Waals surface area contributed by atoms with Gasteiger partial charge < -0.3 is 14.9 Å². The Morgan fingerprint density at radius 2 is 1.94 bits per heavy atom. The number of aliphatic hydroxyl groups is 1. The Kier molecular flexibility index (Phi) is 6.32. The Hall–Kier alpha value is -0.120. The molecule has 3 nitrogen and oxygen atoms in total. The van der Waals surface area contributed by atoms with Gasteiger partial charge in [0.25, 0.3) is 0 Å². The minimum absolute atomic E-state index is 0.0390. The van der Waals surface area contributed by atoms with Gasteiger partial charge in [-0.15, -0.1) is 0 Å². The van der Waals surface area contributed by atoms with Crippen molar-refractivity contribution >= 4 is 0 Å². The van der Waals surface area contributed by atoms with Crippen molar-refractivity contribution in [3.8, 4) is 0 Å². The van der Waals surface area contributed by atoms with E-state index in [1.54, 1.807) is 0 Å². The van der Waals surface area contributed by atoms with Gasteiger partial charge in [-0.25, -0.2) is 0 Å². The number of hydrogen-bond donors (Lipinski definition) is 1. The first-order valence-electron chi connectivity index (χ1n) is 6.68. The zero-order chi connectivity index (χ0) is 12.0. The second-order valence-corrected chi connectivity index (χ2v) is 5.31. The quantitative estimate of drug-likeness (QED) is 0.714. The van der Waals surface area contributed by atoms with Gasteiger partial charge in [-0.2, -0.15) is 0 Å². The molecule has 1 aliphatic rings. The van der Waals surface area contributed by atoms with E-state index in [1.807, 2.05) is 0 Å². The van der Waals surface area contributed by atoms with Crippen molar-refractivity contribution in [1.29, 1.82) is 0 Å². The third-order valence-corrected chi connectivity index (χ3v) is 3.64. The largest absolute Gasteiger partial charge is 0.393 e. The topological polar surface area (TPSA) is 26.7 Å². The zero-order valence-electron chi connectivity index (χ0n) is 11.2. The van der Waals surface area contributed by atoms with Crippen molar-refractivity contribution in [2.24, 2.45) is 5.92 Å². The van der Waals surface area contributed by atoms with Gasteiger partial charge in [-0.3, -0.25) is 0 Å². The molecule has 1 fully saturated rings. The minimum Gasteiger partial charge on any atom is -0.393 e. The average molecular weight is 228 g/mol. The first kappa shape index (κ1) is 13.9. The van der Waals surface area contributed by atoms with E-state index >= 15 is 0 Å². The molecule has 0 aromatic rings. The second kappa shape index (κ2) is 7.25. The van der Waals surface area contributed by atoms with Crippen LogP contribution in [0.3, 0.4) is 0 Å². The lowest BCUT2D eigenvalue weighted by atomic mass is 10.1. The molecule has 1 N–H and O–H groups in total. The lowest BCUT2D eigenvalue weighted by molar-refractivity contribution is 0.102. The summed E-state index contributed by atoms with van der Waals surface area (Å²) in [5.41, 5.74) is 0. The van der Waals surface area contributed by atoms with Crippen LogP contribution in [0.5, 0.6) is 0 Å². The third kappa shape index (κ3) is 4.81. The van der Waals surface area contributed by atoms with E-state index in [1.165, 1.54) is 19.3 Å². The SMILES string of the molecule is CCN(CCCN(C)C)CC1CCCC1O. The van der Waals surface area contributed by atoms with Crippen LogP contribution in [-0.2, 0) is 0 Å². The number of hydrogen-bond acceptors (Lipinski definition) is 3. The Balaban J connectivity index is 2.20. The number of rotatable bonds is 7. The van der Waals surface area contributed by atoms with E-state index in [2.05, 4.69) is 30.8 Å². The van der Waals surface area contributed by atoms with Crippen LogP contribution in [0, 0.1) is 5.92 Å². The fraction of sp³-hybridized carbons (Fsp3) is 1.00. The maximum absolute atomic E-state index is 9.81. The molecule has 0 aromatic carbocycles. The summed E-state index contributed by atoms with van der Waals surface area (Å²) in [5.74, 6) is 0.527. The van der Waals surface area contributed by atoms with Gasteiger partial charge in [0.2, 0.25) is 0 Å². The van der Waals surface area contributed by atoms with Gasteiger partial charge in [0.1, 0.15) is 0 Å². The maximum Gasteiger partial charge on any atom is 0.0580 e. The Bertz CT molecular complexity index is 185. The van der Waals surface area contributed by atoms with E-state index in [4.69, 9.17) is 0 Å². The van der Waals surface area contributed by atoms with Gasteiger partial charge in [0, 0.05) is 6.54 Å². The highest BCUT2D eigenvalue weighted by Crippen LogP contribution is 2.26. The molecule has 3 heteroatoms. The van der Waals surface area contributed by atoms with E-state index in [0.29, 0.717) is 5.92 Å². The standard InChI is InChI=1S/C13H28N2O/c1-4-15(10-6-9-14(2)3)11-12-7-5-8-13(12)16/h12-13,16H,4-11H2,1-3H3. The summed E-state index contributed by atoms with van der Waals surface area (Å²) in [6.45, 7) is 6.74. The van der Waals surface area contributed by atoms with Crippen LogP contribution in [0.2, 0.25) is 0 Å². The van der Waals surface area contributed by atoms with Crippen molar-refractivity contribution in [3.63, 3.8) is 0 Å². The highest BCUT2D eigenvalue weighted by molar-refractivity contribution is 4.79. The maximum atomic E-state index is 9.81. The molecule has 1 rings (SSSR count). The molecule has 16 heavy (non-hydrogen) atoms. The summed E-state index contributed by atoms with van der Waals surface area (Å²) >= 11 is 0. The summed E-state index contributed by atoms with van der Waals surface area (Å²) in [5, 5.41) is 9.81. The zero-order valence-corrected chi connectivity index (χ0v) is 11.2. The molecule has 2 atom stereocenters. The van der Waals surface area contributed by atoms with E-state index in [-0.39, 0.29) is 6.10 Å². The van der Waals surface area contributed by atoms with Crippen LogP contribution >= 0.6 is 0 Å². The molecular formula is C13H28N2O. The highest BCUT2D eigenvalue weighted by Gasteiger charge is 2.26. The van der Waals surface area contributed by atoms with Crippen LogP contribution in [0.15, 0.2) is 0 Å². The molecule has 0 bridgehead atoms. The van der Waals surface area contributed by atoms with Crippen LogP contribution in [0.1, 0.15) is 32.6 Å². The van der Waals surface area contributed by atoms with Gasteiger partial charge >= 0.3 is 0 Å². The molecule has 0 spiro atoms. The third-order valence-electron chi connectivity index (χ3n) is 3.64. The summed E-state index contributed by atoms with van der Waals surface area (Å²) < 4.78 is 0. The smallest absolute Gasteiger partial charge is 0.0580 e. The van der Waals surface area contributed by atoms with E-state index < -0.39 is 0 Å². The lowest BCUT2D eigenvalue weighted by Gasteiger charge is -2.26. The van der Waals surface area contributed by atoms with Crippen molar-refractivity contribution in [1.82, 2.24) is 9.80 Å². The second-order valence-electron chi connectivity index (χ2n) is 5.31. The molecule has 1 saturated carbocycles. The minimum atomic E-state index is -0.0390. The summed E-state index contributed by atoms with van der Waals surface area (Å²) in [6, 6.07) is 0. The molecule has 96 valence electrons. The molecule has 1 aliphatic carbocycles. The molecule has 2 unspecified atom stereocenters. The summed E-state index contributed by atoms with van der Waals surface area (Å²) in [6.07, 6.45) is 4.62. The molecule has 0 aliphatic heterocycles. The van der Waals surface area contributed by atoms with Crippen molar-refractivity contribution in [2.45, 2.75) is 38.7 Å². The summed E-state index contributed by atoms with van der Waals surface area (Å²) in [4.78, 5) is 4.72. The first-order chi connectivity index (χ1) is 7.63. The lowest BCUT2D eigenvalue weighted by Crippen LogP contribution is -2.34. The normalized spacial score (nSPS) is 25.9. The van der Waals surface area contributed by atoms with E-state index in [9.17, 15) is 5.11 Å². The Morgan fingerprint density at radius 3 is 2.44 bits per heavy atom. The van der Waals surface area contributed by atoms with Gasteiger partial charge in [0.05, 0.1) is 6.10 Å². The average Bonchev–Trinajstić information content (AvgIpc) is 2.62. The van der Waals surface area contributed by atoms with Crippen LogP contribution in [0.4, 0.5) is 0 Å². The molecule has 0 amide bonds. The number of aliphatic hydroxyl groups excluding tert-OH is 1. The van der Waals surface area contributed by atoms with Crippen LogP contribution in [0.25, 0.3) is 0 Å². The van der Waals surface area contributed by atoms with Crippen molar-refractivity contribution in [3.05, 3.63) is 0 Å². The predicted octanol–water partition coefficient (Wildman–Crippen LogP) is 1.42. The fourth-order valence-corrected chi connectivity index (χ4v) is 2.55. The van der Waals surface area contributed by atoms with Crippen LogP contribution in [-0.4, -0.2) is 61.3 Å². The molecule has 0 radical (unpaired) electrons. The van der Waals surface area contributed by atoms with Crippen LogP contribution < -0.4 is 0 Å².